The Hall–Kier alpha value is -1.61. The van der Waals surface area contributed by atoms with Gasteiger partial charge in [0.05, 0.1) is 19.3 Å². The van der Waals surface area contributed by atoms with Crippen LogP contribution < -0.4 is 4.72 Å². The predicted molar refractivity (Wildman–Crippen MR) is 79.0 cm³/mol. The van der Waals surface area contributed by atoms with Crippen LogP contribution in [0.4, 0.5) is 5.00 Å². The summed E-state index contributed by atoms with van der Waals surface area (Å²) in [5.41, 5.74) is 0.125. The minimum atomic E-state index is -4.00. The lowest BCUT2D eigenvalue weighted by Crippen LogP contribution is -2.33. The summed E-state index contributed by atoms with van der Waals surface area (Å²) in [5.74, 6) is -1.50. The van der Waals surface area contributed by atoms with E-state index in [-0.39, 0.29) is 17.2 Å². The van der Waals surface area contributed by atoms with Crippen LogP contribution in [0, 0.1) is 6.92 Å². The smallest absolute Gasteiger partial charge is 0.341 e. The average Bonchev–Trinajstić information content (AvgIpc) is 2.77. The van der Waals surface area contributed by atoms with E-state index in [1.807, 2.05) is 0 Å². The fraction of sp³-hybridized carbons (Fsp3) is 0.500. The highest BCUT2D eigenvalue weighted by Gasteiger charge is 2.31. The van der Waals surface area contributed by atoms with Crippen LogP contribution in [0.5, 0.6) is 0 Å². The number of hydrogen-bond donors (Lipinski definition) is 1. The van der Waals surface area contributed by atoms with Gasteiger partial charge in [-0.25, -0.2) is 13.2 Å². The van der Waals surface area contributed by atoms with Gasteiger partial charge >= 0.3 is 11.9 Å². The van der Waals surface area contributed by atoms with Gasteiger partial charge in [0.1, 0.15) is 5.00 Å². The van der Waals surface area contributed by atoms with Crippen LogP contribution in [-0.2, 0) is 24.3 Å². The van der Waals surface area contributed by atoms with Crippen molar-refractivity contribution in [1.29, 1.82) is 0 Å². The number of anilines is 1. The van der Waals surface area contributed by atoms with Gasteiger partial charge in [-0.2, -0.15) is 0 Å². The fourth-order valence-corrected chi connectivity index (χ4v) is 3.62. The third kappa shape index (κ3) is 4.18. The topological polar surface area (TPSA) is 98.8 Å². The van der Waals surface area contributed by atoms with Gasteiger partial charge in [0.25, 0.3) is 0 Å². The molecule has 0 aliphatic rings. The summed E-state index contributed by atoms with van der Waals surface area (Å²) in [5, 5.41) is -1.26. The van der Waals surface area contributed by atoms with E-state index < -0.39 is 27.2 Å². The van der Waals surface area contributed by atoms with Crippen LogP contribution in [0.3, 0.4) is 0 Å². The van der Waals surface area contributed by atoms with Crippen molar-refractivity contribution in [2.45, 2.75) is 26.0 Å². The Labute approximate surface area is 127 Å². The summed E-state index contributed by atoms with van der Waals surface area (Å²) in [6, 6.07) is 1.53. The normalized spacial score (nSPS) is 12.6. The van der Waals surface area contributed by atoms with Gasteiger partial charge in [0, 0.05) is 4.88 Å². The Morgan fingerprint density at radius 2 is 2.05 bits per heavy atom. The Bertz CT molecular complexity index is 634. The van der Waals surface area contributed by atoms with Crippen molar-refractivity contribution >= 4 is 38.3 Å². The largest absolute Gasteiger partial charge is 0.468 e. The maximum Gasteiger partial charge on any atom is 0.341 e. The van der Waals surface area contributed by atoms with Crippen LogP contribution in [-0.4, -0.2) is 39.3 Å². The highest BCUT2D eigenvalue weighted by atomic mass is 32.2. The molecular formula is C12H17NO6S2. The molecule has 1 N–H and O–H groups in total. The summed E-state index contributed by atoms with van der Waals surface area (Å²) < 4.78 is 35.7. The second-order valence-electron chi connectivity index (χ2n) is 4.13. The number of thiophene rings is 1. The Morgan fingerprint density at radius 1 is 1.43 bits per heavy atom. The molecule has 9 heteroatoms. The van der Waals surface area contributed by atoms with E-state index in [1.165, 1.54) is 13.0 Å². The number of hydrogen-bond acceptors (Lipinski definition) is 7. The number of carbonyl (C=O) groups excluding carboxylic acids is 2. The van der Waals surface area contributed by atoms with E-state index in [2.05, 4.69) is 9.46 Å². The minimum absolute atomic E-state index is 0.125. The van der Waals surface area contributed by atoms with Crippen molar-refractivity contribution in [1.82, 2.24) is 0 Å². The number of methoxy groups -OCH3 is 1. The quantitative estimate of drug-likeness (QED) is 0.792. The van der Waals surface area contributed by atoms with Gasteiger partial charge in [-0.3, -0.25) is 9.52 Å². The summed E-state index contributed by atoms with van der Waals surface area (Å²) in [7, 11) is -2.90. The van der Waals surface area contributed by atoms with E-state index >= 15 is 0 Å². The number of ether oxygens (including phenoxy) is 2. The first kappa shape index (κ1) is 17.4. The van der Waals surface area contributed by atoms with Gasteiger partial charge in [-0.1, -0.05) is 0 Å². The maximum atomic E-state index is 12.1. The number of esters is 2. The monoisotopic (exact) mass is 335 g/mol. The van der Waals surface area contributed by atoms with Crippen LogP contribution in [0.25, 0.3) is 0 Å². The van der Waals surface area contributed by atoms with E-state index in [0.29, 0.717) is 0 Å². The molecule has 0 bridgehead atoms. The van der Waals surface area contributed by atoms with E-state index in [9.17, 15) is 18.0 Å². The second kappa shape index (κ2) is 6.90. The number of rotatable bonds is 6. The molecule has 0 aromatic carbocycles. The molecule has 7 nitrogen and oxygen atoms in total. The molecule has 0 radical (unpaired) electrons. The number of aryl methyl sites for hydroxylation is 1. The second-order valence-corrected chi connectivity index (χ2v) is 7.39. The van der Waals surface area contributed by atoms with E-state index in [4.69, 9.17) is 4.74 Å². The zero-order chi connectivity index (χ0) is 16.2. The molecule has 1 unspecified atom stereocenters. The Kier molecular flexibility index (Phi) is 5.73. The van der Waals surface area contributed by atoms with Gasteiger partial charge in [0.15, 0.2) is 5.25 Å². The molecule has 118 valence electrons. The summed E-state index contributed by atoms with van der Waals surface area (Å²) >= 11 is 1.09. The standard InChI is InChI=1S/C12H17NO6S2/c1-5-19-12(15)9-6-7(2)20-10(9)13-21(16,17)8(3)11(14)18-4/h6,8,13H,5H2,1-4H3. The third-order valence-corrected chi connectivity index (χ3v) is 5.29. The summed E-state index contributed by atoms with van der Waals surface area (Å²) in [6.45, 7) is 4.77. The van der Waals surface area contributed by atoms with E-state index in [0.717, 1.165) is 23.3 Å². The first-order valence-corrected chi connectivity index (χ1v) is 8.46. The Balaban J connectivity index is 3.08. The molecule has 1 rings (SSSR count). The van der Waals surface area contributed by atoms with Gasteiger partial charge in [-0.05, 0) is 26.8 Å². The van der Waals surface area contributed by atoms with Crippen molar-refractivity contribution in [2.75, 3.05) is 18.4 Å². The third-order valence-electron chi connectivity index (χ3n) is 2.58. The van der Waals surface area contributed by atoms with Gasteiger partial charge < -0.3 is 9.47 Å². The lowest BCUT2D eigenvalue weighted by molar-refractivity contribution is -0.139. The van der Waals surface area contributed by atoms with Crippen LogP contribution in [0.2, 0.25) is 0 Å². The molecule has 0 fully saturated rings. The first-order valence-electron chi connectivity index (χ1n) is 6.10. The average molecular weight is 335 g/mol. The van der Waals surface area contributed by atoms with Crippen LogP contribution in [0.1, 0.15) is 29.1 Å². The molecule has 21 heavy (non-hydrogen) atoms. The molecule has 1 aromatic heterocycles. The van der Waals surface area contributed by atoms with Crippen molar-refractivity contribution in [2.24, 2.45) is 0 Å². The number of carbonyl (C=O) groups is 2. The molecule has 0 amide bonds. The first-order chi connectivity index (χ1) is 9.72. The Morgan fingerprint density at radius 3 is 2.57 bits per heavy atom. The van der Waals surface area contributed by atoms with Gasteiger partial charge in [-0.15, -0.1) is 11.3 Å². The highest BCUT2D eigenvalue weighted by Crippen LogP contribution is 2.29. The molecule has 1 heterocycles. The van der Waals surface area contributed by atoms with Crippen LogP contribution in [0.15, 0.2) is 6.07 Å². The van der Waals surface area contributed by atoms with E-state index in [1.54, 1.807) is 13.8 Å². The molecule has 0 aliphatic carbocycles. The molecule has 0 saturated carbocycles. The zero-order valence-corrected chi connectivity index (χ0v) is 13.8. The van der Waals surface area contributed by atoms with Crippen molar-refractivity contribution in [3.8, 4) is 0 Å². The number of sulfonamides is 1. The molecule has 0 spiro atoms. The van der Waals surface area contributed by atoms with Crippen molar-refractivity contribution in [3.63, 3.8) is 0 Å². The zero-order valence-electron chi connectivity index (χ0n) is 12.1. The minimum Gasteiger partial charge on any atom is -0.468 e. The molecule has 0 saturated heterocycles. The summed E-state index contributed by atoms with van der Waals surface area (Å²) in [6.07, 6.45) is 0. The summed E-state index contributed by atoms with van der Waals surface area (Å²) in [4.78, 5) is 23.9. The fourth-order valence-electron chi connectivity index (χ4n) is 1.46. The SMILES string of the molecule is CCOC(=O)c1cc(C)sc1NS(=O)(=O)C(C)C(=O)OC. The molecule has 0 aliphatic heterocycles. The van der Waals surface area contributed by atoms with Crippen LogP contribution >= 0.6 is 11.3 Å². The maximum absolute atomic E-state index is 12.1. The number of nitrogens with one attached hydrogen (secondary N) is 1. The van der Waals surface area contributed by atoms with Crippen molar-refractivity contribution in [3.05, 3.63) is 16.5 Å². The lowest BCUT2D eigenvalue weighted by atomic mass is 10.3. The predicted octanol–water partition coefficient (Wildman–Crippen LogP) is 1.54. The molecule has 1 aromatic rings. The van der Waals surface area contributed by atoms with Gasteiger partial charge in [0.2, 0.25) is 10.0 Å². The molecule has 1 atom stereocenters. The molecular weight excluding hydrogens is 318 g/mol. The highest BCUT2D eigenvalue weighted by molar-refractivity contribution is 7.94. The van der Waals surface area contributed by atoms with Crippen molar-refractivity contribution < 1.29 is 27.5 Å². The lowest BCUT2D eigenvalue weighted by Gasteiger charge is -2.12.